The molecule has 0 atom stereocenters. The molecule has 0 bridgehead atoms. The van der Waals surface area contributed by atoms with Gasteiger partial charge in [0.15, 0.2) is 11.6 Å². The standard InChI is InChI=1S/C10H6ClN3O4/c11-6-2-1-5-12-9(6)13-10(15)7-3-4-8(18-7)14(16)17/h1-5H,(H,12,13,15). The van der Waals surface area contributed by atoms with E-state index in [9.17, 15) is 14.9 Å². The summed E-state index contributed by atoms with van der Waals surface area (Å²) in [5.74, 6) is -1.21. The Labute approximate surface area is 106 Å². The largest absolute Gasteiger partial charge is 0.433 e. The summed E-state index contributed by atoms with van der Waals surface area (Å²) in [5.41, 5.74) is 0. The Morgan fingerprint density at radius 1 is 1.44 bits per heavy atom. The summed E-state index contributed by atoms with van der Waals surface area (Å²) in [6, 6.07) is 5.45. The van der Waals surface area contributed by atoms with Gasteiger partial charge in [0.1, 0.15) is 4.92 Å². The molecule has 0 aliphatic carbocycles. The van der Waals surface area contributed by atoms with Crippen molar-refractivity contribution in [1.82, 2.24) is 4.98 Å². The molecule has 0 aromatic carbocycles. The van der Waals surface area contributed by atoms with Gasteiger partial charge in [0.25, 0.3) is 5.91 Å². The molecule has 2 aromatic rings. The molecule has 18 heavy (non-hydrogen) atoms. The van der Waals surface area contributed by atoms with Crippen LogP contribution in [0.25, 0.3) is 0 Å². The van der Waals surface area contributed by atoms with Crippen molar-refractivity contribution in [2.75, 3.05) is 5.32 Å². The highest BCUT2D eigenvalue weighted by Crippen LogP contribution is 2.20. The molecule has 1 N–H and O–H groups in total. The smallest absolute Gasteiger partial charge is 0.395 e. The van der Waals surface area contributed by atoms with Gasteiger partial charge in [0.05, 0.1) is 11.1 Å². The topological polar surface area (TPSA) is 98.3 Å². The Kier molecular flexibility index (Phi) is 3.24. The first kappa shape index (κ1) is 12.1. The molecule has 0 radical (unpaired) electrons. The van der Waals surface area contributed by atoms with Crippen LogP contribution in [0.2, 0.25) is 5.02 Å². The monoisotopic (exact) mass is 267 g/mol. The van der Waals surface area contributed by atoms with E-state index in [0.29, 0.717) is 0 Å². The second-order valence-corrected chi connectivity index (χ2v) is 3.59. The highest BCUT2D eigenvalue weighted by Gasteiger charge is 2.18. The lowest BCUT2D eigenvalue weighted by Gasteiger charge is -2.02. The van der Waals surface area contributed by atoms with Crippen molar-refractivity contribution in [3.8, 4) is 0 Å². The first-order valence-electron chi connectivity index (χ1n) is 4.74. The number of halogens is 1. The normalized spacial score (nSPS) is 10.1. The van der Waals surface area contributed by atoms with Crippen LogP contribution in [0.15, 0.2) is 34.9 Å². The number of anilines is 1. The van der Waals surface area contributed by atoms with Crippen molar-refractivity contribution in [3.05, 3.63) is 51.4 Å². The zero-order chi connectivity index (χ0) is 13.1. The third-order valence-electron chi connectivity index (χ3n) is 1.99. The predicted octanol–water partition coefficient (Wildman–Crippen LogP) is 2.49. The van der Waals surface area contributed by atoms with Gasteiger partial charge in [0, 0.05) is 6.20 Å². The van der Waals surface area contributed by atoms with E-state index < -0.39 is 16.7 Å². The van der Waals surface area contributed by atoms with Crippen LogP contribution in [-0.2, 0) is 0 Å². The maximum absolute atomic E-state index is 11.7. The Balaban J connectivity index is 2.17. The molecule has 0 saturated carbocycles. The predicted molar refractivity (Wildman–Crippen MR) is 62.6 cm³/mol. The van der Waals surface area contributed by atoms with E-state index in [4.69, 9.17) is 16.0 Å². The Bertz CT molecular complexity index is 611. The Morgan fingerprint density at radius 3 is 2.83 bits per heavy atom. The van der Waals surface area contributed by atoms with Crippen LogP contribution in [0, 0.1) is 10.1 Å². The molecule has 7 nitrogen and oxygen atoms in total. The fourth-order valence-corrected chi connectivity index (χ4v) is 1.36. The molecule has 0 saturated heterocycles. The average molecular weight is 268 g/mol. The fraction of sp³-hybridized carbons (Fsp3) is 0. The molecule has 2 aromatic heterocycles. The summed E-state index contributed by atoms with van der Waals surface area (Å²) in [4.78, 5) is 25.2. The summed E-state index contributed by atoms with van der Waals surface area (Å²) in [6.07, 6.45) is 1.45. The number of rotatable bonds is 3. The molecule has 0 unspecified atom stereocenters. The van der Waals surface area contributed by atoms with E-state index >= 15 is 0 Å². The third-order valence-corrected chi connectivity index (χ3v) is 2.29. The first-order valence-corrected chi connectivity index (χ1v) is 5.12. The summed E-state index contributed by atoms with van der Waals surface area (Å²) in [5, 5.41) is 13.0. The van der Waals surface area contributed by atoms with Crippen molar-refractivity contribution in [2.24, 2.45) is 0 Å². The molecule has 2 heterocycles. The van der Waals surface area contributed by atoms with Gasteiger partial charge in [-0.15, -0.1) is 0 Å². The number of carbonyl (C=O) groups is 1. The van der Waals surface area contributed by atoms with Crippen LogP contribution in [0.5, 0.6) is 0 Å². The van der Waals surface area contributed by atoms with Gasteiger partial charge in [-0.1, -0.05) is 11.6 Å². The number of pyridine rings is 1. The zero-order valence-corrected chi connectivity index (χ0v) is 9.55. The zero-order valence-electron chi connectivity index (χ0n) is 8.79. The van der Waals surface area contributed by atoms with Gasteiger partial charge in [-0.25, -0.2) is 4.98 Å². The number of nitrogens with zero attached hydrogens (tertiary/aromatic N) is 2. The minimum Gasteiger partial charge on any atom is -0.395 e. The Hall–Kier alpha value is -2.41. The first-order chi connectivity index (χ1) is 8.58. The van der Waals surface area contributed by atoms with Crippen molar-refractivity contribution in [2.45, 2.75) is 0 Å². The fourth-order valence-electron chi connectivity index (χ4n) is 1.19. The number of hydrogen-bond donors (Lipinski definition) is 1. The number of furan rings is 1. The van der Waals surface area contributed by atoms with Gasteiger partial charge < -0.3 is 9.73 Å². The maximum Gasteiger partial charge on any atom is 0.433 e. The van der Waals surface area contributed by atoms with E-state index in [1.54, 1.807) is 12.1 Å². The van der Waals surface area contributed by atoms with Crippen LogP contribution in [0.3, 0.4) is 0 Å². The highest BCUT2D eigenvalue weighted by molar-refractivity contribution is 6.33. The molecule has 0 spiro atoms. The molecule has 1 amide bonds. The van der Waals surface area contributed by atoms with Crippen molar-refractivity contribution < 1.29 is 14.1 Å². The molecule has 2 rings (SSSR count). The molecule has 92 valence electrons. The SMILES string of the molecule is O=C(Nc1ncccc1Cl)c1ccc([N+](=O)[O-])o1. The average Bonchev–Trinajstić information content (AvgIpc) is 2.81. The molecule has 0 aliphatic heterocycles. The van der Waals surface area contributed by atoms with Crippen LogP contribution in [0.4, 0.5) is 11.7 Å². The van der Waals surface area contributed by atoms with Crippen molar-refractivity contribution >= 4 is 29.2 Å². The van der Waals surface area contributed by atoms with E-state index in [-0.39, 0.29) is 16.6 Å². The number of amides is 1. The number of carbonyl (C=O) groups excluding carboxylic acids is 1. The van der Waals surface area contributed by atoms with Gasteiger partial charge in [-0.3, -0.25) is 14.9 Å². The molecule has 0 aliphatic rings. The van der Waals surface area contributed by atoms with E-state index in [1.807, 2.05) is 0 Å². The van der Waals surface area contributed by atoms with E-state index in [2.05, 4.69) is 10.3 Å². The lowest BCUT2D eigenvalue weighted by Crippen LogP contribution is -2.12. The summed E-state index contributed by atoms with van der Waals surface area (Å²) in [6.45, 7) is 0. The minimum absolute atomic E-state index is 0.156. The Morgan fingerprint density at radius 2 is 2.22 bits per heavy atom. The van der Waals surface area contributed by atoms with Gasteiger partial charge >= 0.3 is 5.88 Å². The van der Waals surface area contributed by atoms with Gasteiger partial charge in [-0.05, 0) is 18.2 Å². The molecule has 0 fully saturated rings. The van der Waals surface area contributed by atoms with Crippen LogP contribution >= 0.6 is 11.6 Å². The molecular formula is C10H6ClN3O4. The second kappa shape index (κ2) is 4.84. The van der Waals surface area contributed by atoms with Crippen molar-refractivity contribution in [1.29, 1.82) is 0 Å². The van der Waals surface area contributed by atoms with Crippen LogP contribution < -0.4 is 5.32 Å². The van der Waals surface area contributed by atoms with Crippen LogP contribution in [0.1, 0.15) is 10.6 Å². The number of aromatic nitrogens is 1. The van der Waals surface area contributed by atoms with Gasteiger partial charge in [0.2, 0.25) is 0 Å². The lowest BCUT2D eigenvalue weighted by atomic mass is 10.4. The van der Waals surface area contributed by atoms with Gasteiger partial charge in [-0.2, -0.15) is 0 Å². The highest BCUT2D eigenvalue weighted by atomic mass is 35.5. The summed E-state index contributed by atoms with van der Waals surface area (Å²) in [7, 11) is 0. The minimum atomic E-state index is -0.732. The quantitative estimate of drug-likeness (QED) is 0.680. The number of nitrogens with one attached hydrogen (secondary N) is 1. The third kappa shape index (κ3) is 2.46. The number of hydrogen-bond acceptors (Lipinski definition) is 5. The maximum atomic E-state index is 11.7. The molecule has 8 heteroatoms. The van der Waals surface area contributed by atoms with Crippen LogP contribution in [-0.4, -0.2) is 15.8 Å². The molecular weight excluding hydrogens is 262 g/mol. The van der Waals surface area contributed by atoms with E-state index in [1.165, 1.54) is 12.3 Å². The van der Waals surface area contributed by atoms with E-state index in [0.717, 1.165) is 6.07 Å². The van der Waals surface area contributed by atoms with Crippen molar-refractivity contribution in [3.63, 3.8) is 0 Å². The number of nitro groups is 1. The summed E-state index contributed by atoms with van der Waals surface area (Å²) >= 11 is 5.80. The lowest BCUT2D eigenvalue weighted by molar-refractivity contribution is -0.402. The second-order valence-electron chi connectivity index (χ2n) is 3.18. The summed E-state index contributed by atoms with van der Waals surface area (Å²) < 4.78 is 4.74.